The molecule has 0 unspecified atom stereocenters. The van der Waals surface area contributed by atoms with Gasteiger partial charge in [-0.2, -0.15) is 0 Å². The van der Waals surface area contributed by atoms with E-state index in [2.05, 4.69) is 42.5 Å². The summed E-state index contributed by atoms with van der Waals surface area (Å²) >= 11 is 0. The Balaban J connectivity index is 1.87. The second-order valence-electron chi connectivity index (χ2n) is 4.54. The molecule has 0 spiro atoms. The second-order valence-corrected chi connectivity index (χ2v) is 4.54. The van der Waals surface area contributed by atoms with E-state index < -0.39 is 0 Å². The summed E-state index contributed by atoms with van der Waals surface area (Å²) in [5.74, 6) is 1.09. The third kappa shape index (κ3) is 3.74. The van der Waals surface area contributed by atoms with Gasteiger partial charge in [0, 0.05) is 6.42 Å². The molecule has 0 aromatic heterocycles. The Bertz CT molecular complexity index is 420. The van der Waals surface area contributed by atoms with Crippen LogP contribution in [0.2, 0.25) is 0 Å². The molecule has 1 aromatic carbocycles. The fourth-order valence-corrected chi connectivity index (χ4v) is 2.31. The third-order valence-corrected chi connectivity index (χ3v) is 3.23. The summed E-state index contributed by atoms with van der Waals surface area (Å²) in [6, 6.07) is 10.6. The van der Waals surface area contributed by atoms with Gasteiger partial charge in [0.15, 0.2) is 0 Å². The van der Waals surface area contributed by atoms with Crippen molar-refractivity contribution in [2.75, 3.05) is 6.73 Å². The lowest BCUT2D eigenvalue weighted by Gasteiger charge is -2.16. The zero-order chi connectivity index (χ0) is 12.6. The lowest BCUT2D eigenvalue weighted by molar-refractivity contribution is 0.206. The summed E-state index contributed by atoms with van der Waals surface area (Å²) < 4.78 is 5.50. The maximum Gasteiger partial charge on any atom is 0.136 e. The lowest BCUT2D eigenvalue weighted by atomic mass is 9.98. The molecule has 2 rings (SSSR count). The highest BCUT2D eigenvalue weighted by atomic mass is 16.5. The zero-order valence-corrected chi connectivity index (χ0v) is 10.8. The van der Waals surface area contributed by atoms with Crippen molar-refractivity contribution in [1.82, 2.24) is 0 Å². The van der Waals surface area contributed by atoms with E-state index in [1.807, 2.05) is 0 Å². The first-order valence-electron chi connectivity index (χ1n) is 6.65. The highest BCUT2D eigenvalue weighted by Gasteiger charge is 2.09. The van der Waals surface area contributed by atoms with Crippen molar-refractivity contribution >= 4 is 0 Å². The average molecular weight is 243 g/mol. The highest BCUT2D eigenvalue weighted by molar-refractivity contribution is 5.26. The minimum atomic E-state index is 0.283. The molecular formula is C16H21NO. The number of hydrogen-bond acceptors (Lipinski definition) is 2. The van der Waals surface area contributed by atoms with Crippen LogP contribution in [-0.4, -0.2) is 6.73 Å². The average Bonchev–Trinajstić information content (AvgIpc) is 2.42. The molecule has 0 saturated carbocycles. The van der Waals surface area contributed by atoms with Crippen LogP contribution in [-0.2, 0) is 11.2 Å². The minimum absolute atomic E-state index is 0.283. The molecule has 0 heterocycles. The van der Waals surface area contributed by atoms with Crippen LogP contribution in [0.3, 0.4) is 0 Å². The fraction of sp³-hybridized carbons (Fsp3) is 0.375. The maximum absolute atomic E-state index is 5.50. The smallest absolute Gasteiger partial charge is 0.136 e. The molecule has 1 aromatic rings. The van der Waals surface area contributed by atoms with Gasteiger partial charge in [0.1, 0.15) is 12.5 Å². The van der Waals surface area contributed by atoms with Gasteiger partial charge in [-0.05, 0) is 36.8 Å². The minimum Gasteiger partial charge on any atom is -0.483 e. The first-order chi connectivity index (χ1) is 8.90. The molecular weight excluding hydrogens is 222 g/mol. The van der Waals surface area contributed by atoms with Gasteiger partial charge in [-0.1, -0.05) is 42.5 Å². The van der Waals surface area contributed by atoms with E-state index in [0.29, 0.717) is 0 Å². The molecule has 0 aliphatic heterocycles. The van der Waals surface area contributed by atoms with Gasteiger partial charge < -0.3 is 4.74 Å². The monoisotopic (exact) mass is 243 g/mol. The number of benzene rings is 1. The Morgan fingerprint density at radius 1 is 1.11 bits per heavy atom. The summed E-state index contributed by atoms with van der Waals surface area (Å²) in [6.07, 6.45) is 9.82. The number of ether oxygens (including phenoxy) is 1. The van der Waals surface area contributed by atoms with Crippen molar-refractivity contribution in [3.63, 3.8) is 0 Å². The molecule has 1 aliphatic carbocycles. The van der Waals surface area contributed by atoms with Crippen LogP contribution < -0.4 is 5.73 Å². The third-order valence-electron chi connectivity index (χ3n) is 3.23. The van der Waals surface area contributed by atoms with Crippen molar-refractivity contribution in [3.05, 3.63) is 59.4 Å². The van der Waals surface area contributed by atoms with E-state index in [0.717, 1.165) is 37.9 Å². The number of nitrogens with two attached hydrogens (primary N) is 1. The molecule has 2 nitrogen and oxygen atoms in total. The second kappa shape index (κ2) is 7.02. The van der Waals surface area contributed by atoms with Gasteiger partial charge >= 0.3 is 0 Å². The molecule has 2 N–H and O–H groups in total. The number of hydrogen-bond donors (Lipinski definition) is 1. The predicted molar refractivity (Wildman–Crippen MR) is 74.9 cm³/mol. The lowest BCUT2D eigenvalue weighted by Crippen LogP contribution is -2.08. The summed E-state index contributed by atoms with van der Waals surface area (Å²) in [6.45, 7) is 0.283. The van der Waals surface area contributed by atoms with Crippen LogP contribution in [0.1, 0.15) is 31.2 Å². The predicted octanol–water partition coefficient (Wildman–Crippen LogP) is 3.55. The SMILES string of the molecule is NCOC1=C(CCCc2ccccc2)C=CCC1. The Morgan fingerprint density at radius 2 is 1.94 bits per heavy atom. The van der Waals surface area contributed by atoms with Crippen molar-refractivity contribution in [1.29, 1.82) is 0 Å². The van der Waals surface area contributed by atoms with Gasteiger partial charge in [0.05, 0.1) is 0 Å². The molecule has 18 heavy (non-hydrogen) atoms. The standard InChI is InChI=1S/C16H21NO/c17-13-18-16-12-5-4-10-15(16)11-6-9-14-7-2-1-3-8-14/h1-4,7-8,10H,5-6,9,11-13,17H2. The van der Waals surface area contributed by atoms with Crippen LogP contribution in [0, 0.1) is 0 Å². The van der Waals surface area contributed by atoms with Gasteiger partial charge in [0.2, 0.25) is 0 Å². The van der Waals surface area contributed by atoms with E-state index in [9.17, 15) is 0 Å². The normalized spacial score (nSPS) is 14.9. The summed E-state index contributed by atoms with van der Waals surface area (Å²) in [7, 11) is 0. The van der Waals surface area contributed by atoms with Crippen LogP contribution in [0.25, 0.3) is 0 Å². The van der Waals surface area contributed by atoms with Crippen LogP contribution in [0.4, 0.5) is 0 Å². The highest BCUT2D eigenvalue weighted by Crippen LogP contribution is 2.23. The molecule has 0 radical (unpaired) electrons. The molecule has 1 aliphatic rings. The van der Waals surface area contributed by atoms with Crippen LogP contribution in [0.5, 0.6) is 0 Å². The quantitative estimate of drug-likeness (QED) is 0.775. The summed E-state index contributed by atoms with van der Waals surface area (Å²) in [5, 5.41) is 0. The molecule has 0 amide bonds. The number of rotatable bonds is 6. The fourth-order valence-electron chi connectivity index (χ4n) is 2.31. The van der Waals surface area contributed by atoms with E-state index in [4.69, 9.17) is 10.5 Å². The molecule has 0 atom stereocenters. The Hall–Kier alpha value is -1.54. The Kier molecular flexibility index (Phi) is 5.03. The van der Waals surface area contributed by atoms with E-state index in [-0.39, 0.29) is 6.73 Å². The number of allylic oxidation sites excluding steroid dienone is 4. The van der Waals surface area contributed by atoms with Crippen molar-refractivity contribution in [2.45, 2.75) is 32.1 Å². The largest absolute Gasteiger partial charge is 0.483 e. The molecule has 0 bridgehead atoms. The molecule has 0 fully saturated rings. The number of aryl methyl sites for hydroxylation is 1. The van der Waals surface area contributed by atoms with E-state index >= 15 is 0 Å². The van der Waals surface area contributed by atoms with Gasteiger partial charge in [-0.15, -0.1) is 0 Å². The van der Waals surface area contributed by atoms with Gasteiger partial charge in [-0.25, -0.2) is 0 Å². The van der Waals surface area contributed by atoms with Crippen molar-refractivity contribution in [3.8, 4) is 0 Å². The maximum atomic E-state index is 5.50. The Labute approximate surface area is 109 Å². The Morgan fingerprint density at radius 3 is 2.72 bits per heavy atom. The van der Waals surface area contributed by atoms with Gasteiger partial charge in [0.25, 0.3) is 0 Å². The zero-order valence-electron chi connectivity index (χ0n) is 10.8. The van der Waals surface area contributed by atoms with E-state index in [1.54, 1.807) is 0 Å². The van der Waals surface area contributed by atoms with Crippen molar-refractivity contribution in [2.24, 2.45) is 5.73 Å². The van der Waals surface area contributed by atoms with Crippen molar-refractivity contribution < 1.29 is 4.74 Å². The van der Waals surface area contributed by atoms with Gasteiger partial charge in [-0.3, -0.25) is 5.73 Å². The van der Waals surface area contributed by atoms with Crippen LogP contribution in [0.15, 0.2) is 53.8 Å². The molecule has 96 valence electrons. The molecule has 2 heteroatoms. The van der Waals surface area contributed by atoms with E-state index in [1.165, 1.54) is 11.1 Å². The first kappa shape index (κ1) is 12.9. The molecule has 0 saturated heterocycles. The van der Waals surface area contributed by atoms with Crippen LogP contribution >= 0.6 is 0 Å². The summed E-state index contributed by atoms with van der Waals surface area (Å²) in [4.78, 5) is 0. The summed E-state index contributed by atoms with van der Waals surface area (Å²) in [5.41, 5.74) is 8.18. The first-order valence-corrected chi connectivity index (χ1v) is 6.65. The topological polar surface area (TPSA) is 35.2 Å².